The number of aliphatic hydroxyl groups is 2. The molecule has 0 saturated heterocycles. The predicted molar refractivity (Wildman–Crippen MR) is 128 cm³/mol. The summed E-state index contributed by atoms with van der Waals surface area (Å²) in [5, 5.41) is 28.5. The van der Waals surface area contributed by atoms with E-state index in [0.29, 0.717) is 12.8 Å². The molecule has 0 bridgehead atoms. The molecule has 4 nitrogen and oxygen atoms in total. The Morgan fingerprint density at radius 2 is 1.66 bits per heavy atom. The maximum absolute atomic E-state index is 10.9. The number of hydrogen-bond donors (Lipinski definition) is 3. The zero-order valence-electron chi connectivity index (χ0n) is 18.6. The molecule has 1 fully saturated rings. The van der Waals surface area contributed by atoms with E-state index < -0.39 is 12.1 Å². The number of benzene rings is 2. The molecule has 32 heavy (non-hydrogen) atoms. The van der Waals surface area contributed by atoms with Crippen molar-refractivity contribution in [2.24, 2.45) is 5.92 Å². The molecule has 0 spiro atoms. The molecule has 1 aliphatic rings. The molecule has 174 valence electrons. The number of carboxylic acid groups (broad SMARTS) is 1. The summed E-state index contributed by atoms with van der Waals surface area (Å²) in [4.78, 5) is 10.9. The highest BCUT2D eigenvalue weighted by Gasteiger charge is 2.42. The van der Waals surface area contributed by atoms with Gasteiger partial charge in [0.05, 0.1) is 6.10 Å². The Bertz CT molecular complexity index is 851. The molecule has 1 aliphatic carbocycles. The summed E-state index contributed by atoms with van der Waals surface area (Å²) >= 11 is 6.70. The second-order valence-corrected chi connectivity index (χ2v) is 9.62. The van der Waals surface area contributed by atoms with Gasteiger partial charge in [0.15, 0.2) is 0 Å². The lowest BCUT2D eigenvalue weighted by molar-refractivity contribution is -0.136. The maximum atomic E-state index is 10.9. The Morgan fingerprint density at radius 3 is 2.38 bits per heavy atom. The molecular formula is C27H35ClO4. The van der Waals surface area contributed by atoms with E-state index in [1.165, 1.54) is 5.56 Å². The summed E-state index contributed by atoms with van der Waals surface area (Å²) in [7, 11) is 0. The summed E-state index contributed by atoms with van der Waals surface area (Å²) in [5.74, 6) is -0.659. The van der Waals surface area contributed by atoms with Crippen LogP contribution in [0.3, 0.4) is 0 Å². The van der Waals surface area contributed by atoms with Crippen molar-refractivity contribution in [1.29, 1.82) is 0 Å². The predicted octanol–water partition coefficient (Wildman–Crippen LogP) is 5.11. The highest BCUT2D eigenvalue weighted by Crippen LogP contribution is 2.44. The van der Waals surface area contributed by atoms with Gasteiger partial charge in [-0.05, 0) is 66.7 Å². The number of aliphatic hydroxyl groups excluding tert-OH is 2. The van der Waals surface area contributed by atoms with E-state index in [-0.39, 0.29) is 30.2 Å². The minimum absolute atomic E-state index is 0.00113. The topological polar surface area (TPSA) is 77.8 Å². The SMILES string of the molecule is O=C(O)CCc1cccc(C[C@@H]2[C@@H](c3ccc(CCCCCCO)cc3)[C@H](O)C[C@H]2Cl)c1. The van der Waals surface area contributed by atoms with Gasteiger partial charge < -0.3 is 15.3 Å². The van der Waals surface area contributed by atoms with Crippen LogP contribution in [0.5, 0.6) is 0 Å². The lowest BCUT2D eigenvalue weighted by Crippen LogP contribution is -2.21. The van der Waals surface area contributed by atoms with Gasteiger partial charge in [0, 0.05) is 24.3 Å². The summed E-state index contributed by atoms with van der Waals surface area (Å²) in [6.07, 6.45) is 6.77. The number of carbonyl (C=O) groups is 1. The summed E-state index contributed by atoms with van der Waals surface area (Å²) in [6, 6.07) is 16.7. The fraction of sp³-hybridized carbons (Fsp3) is 0.519. The zero-order chi connectivity index (χ0) is 22.9. The molecule has 0 aliphatic heterocycles. The summed E-state index contributed by atoms with van der Waals surface area (Å²) < 4.78 is 0. The van der Waals surface area contributed by atoms with Crippen molar-refractivity contribution in [2.45, 2.75) is 75.2 Å². The molecule has 0 amide bonds. The maximum Gasteiger partial charge on any atom is 0.303 e. The third kappa shape index (κ3) is 7.06. The van der Waals surface area contributed by atoms with Crippen LogP contribution < -0.4 is 0 Å². The van der Waals surface area contributed by atoms with Crippen LogP contribution in [-0.2, 0) is 24.1 Å². The van der Waals surface area contributed by atoms with E-state index in [1.807, 2.05) is 12.1 Å². The van der Waals surface area contributed by atoms with Crippen molar-refractivity contribution < 1.29 is 20.1 Å². The van der Waals surface area contributed by atoms with Gasteiger partial charge in [-0.2, -0.15) is 0 Å². The first-order chi connectivity index (χ1) is 15.5. The first-order valence-corrected chi connectivity index (χ1v) is 12.2. The normalized spacial score (nSPS) is 22.8. The molecule has 5 heteroatoms. The van der Waals surface area contributed by atoms with Crippen LogP contribution in [0.2, 0.25) is 0 Å². The number of unbranched alkanes of at least 4 members (excludes halogenated alkanes) is 3. The number of carboxylic acids is 1. The molecule has 1 saturated carbocycles. The molecule has 0 heterocycles. The molecule has 4 atom stereocenters. The highest BCUT2D eigenvalue weighted by atomic mass is 35.5. The first-order valence-electron chi connectivity index (χ1n) is 11.8. The van der Waals surface area contributed by atoms with E-state index >= 15 is 0 Å². The second kappa shape index (κ2) is 12.4. The van der Waals surface area contributed by atoms with Gasteiger partial charge in [-0.15, -0.1) is 11.6 Å². The Morgan fingerprint density at radius 1 is 0.938 bits per heavy atom. The van der Waals surface area contributed by atoms with E-state index in [4.69, 9.17) is 21.8 Å². The van der Waals surface area contributed by atoms with Crippen LogP contribution in [0.25, 0.3) is 0 Å². The second-order valence-electron chi connectivity index (χ2n) is 9.06. The molecule has 3 N–H and O–H groups in total. The van der Waals surface area contributed by atoms with Gasteiger partial charge in [0.25, 0.3) is 0 Å². The largest absolute Gasteiger partial charge is 0.481 e. The molecule has 2 aromatic rings. The van der Waals surface area contributed by atoms with Gasteiger partial charge >= 0.3 is 5.97 Å². The fourth-order valence-corrected chi connectivity index (χ4v) is 5.35. The van der Waals surface area contributed by atoms with Gasteiger partial charge in [0.2, 0.25) is 0 Å². The molecular weight excluding hydrogens is 424 g/mol. The average molecular weight is 459 g/mol. The van der Waals surface area contributed by atoms with Crippen molar-refractivity contribution in [2.75, 3.05) is 6.61 Å². The minimum atomic E-state index is -0.788. The van der Waals surface area contributed by atoms with Crippen molar-refractivity contribution >= 4 is 17.6 Å². The number of aliphatic carboxylic acids is 1. The van der Waals surface area contributed by atoms with Crippen LogP contribution in [0.15, 0.2) is 48.5 Å². The van der Waals surface area contributed by atoms with Crippen molar-refractivity contribution in [3.8, 4) is 0 Å². The Hall–Kier alpha value is -1.88. The summed E-state index contributed by atoms with van der Waals surface area (Å²) in [6.45, 7) is 0.272. The van der Waals surface area contributed by atoms with Gasteiger partial charge in [0.1, 0.15) is 0 Å². The van der Waals surface area contributed by atoms with Crippen LogP contribution in [0, 0.1) is 5.92 Å². The quantitative estimate of drug-likeness (QED) is 0.305. The minimum Gasteiger partial charge on any atom is -0.481 e. The standard InChI is InChI=1S/C27H35ClO4/c28-24-18-25(30)27(22-12-9-19(10-13-22)6-3-1-2-4-15-29)23(24)17-21-8-5-7-20(16-21)11-14-26(31)32/h5,7-10,12-13,16,23-25,27,29-30H,1-4,6,11,14-15,17-18H2,(H,31,32)/t23-,24+,25+,27+/m0/s1. The third-order valence-electron chi connectivity index (χ3n) is 6.64. The smallest absolute Gasteiger partial charge is 0.303 e. The third-order valence-corrected chi connectivity index (χ3v) is 7.14. The first kappa shape index (κ1) is 24.8. The Labute approximate surface area is 196 Å². The van der Waals surface area contributed by atoms with Gasteiger partial charge in [-0.1, -0.05) is 61.4 Å². The van der Waals surface area contributed by atoms with Crippen molar-refractivity contribution in [3.05, 3.63) is 70.8 Å². The number of alkyl halides is 1. The highest BCUT2D eigenvalue weighted by molar-refractivity contribution is 6.21. The number of hydrogen-bond acceptors (Lipinski definition) is 3. The van der Waals surface area contributed by atoms with Crippen LogP contribution in [0.4, 0.5) is 0 Å². The van der Waals surface area contributed by atoms with Gasteiger partial charge in [-0.3, -0.25) is 4.79 Å². The number of aryl methyl sites for hydroxylation is 2. The number of rotatable bonds is 12. The van der Waals surface area contributed by atoms with E-state index in [1.54, 1.807) is 0 Å². The molecule has 0 radical (unpaired) electrons. The molecule has 3 rings (SSSR count). The fourth-order valence-electron chi connectivity index (χ4n) is 4.92. The lowest BCUT2D eigenvalue weighted by Gasteiger charge is -2.24. The van der Waals surface area contributed by atoms with E-state index in [0.717, 1.165) is 55.2 Å². The monoisotopic (exact) mass is 458 g/mol. The van der Waals surface area contributed by atoms with Crippen LogP contribution in [-0.4, -0.2) is 39.4 Å². The zero-order valence-corrected chi connectivity index (χ0v) is 19.4. The number of halogens is 1. The van der Waals surface area contributed by atoms with Gasteiger partial charge in [-0.25, -0.2) is 0 Å². The average Bonchev–Trinajstić information content (AvgIpc) is 3.05. The van der Waals surface area contributed by atoms with Crippen molar-refractivity contribution in [1.82, 2.24) is 0 Å². The summed E-state index contributed by atoms with van der Waals surface area (Å²) in [5.41, 5.74) is 4.60. The van der Waals surface area contributed by atoms with E-state index in [9.17, 15) is 9.90 Å². The van der Waals surface area contributed by atoms with E-state index in [2.05, 4.69) is 36.4 Å². The Balaban J connectivity index is 1.65. The molecule has 2 aromatic carbocycles. The van der Waals surface area contributed by atoms with Crippen LogP contribution in [0.1, 0.15) is 66.7 Å². The lowest BCUT2D eigenvalue weighted by atomic mass is 9.83. The molecule has 0 aromatic heterocycles. The molecule has 0 unspecified atom stereocenters. The van der Waals surface area contributed by atoms with Crippen molar-refractivity contribution in [3.63, 3.8) is 0 Å². The van der Waals surface area contributed by atoms with Crippen LogP contribution >= 0.6 is 11.6 Å². The Kier molecular flexibility index (Phi) is 9.58.